The van der Waals surface area contributed by atoms with E-state index in [9.17, 15) is 4.39 Å². The molecule has 0 saturated carbocycles. The quantitative estimate of drug-likeness (QED) is 0.638. The Labute approximate surface area is 102 Å². The van der Waals surface area contributed by atoms with Crippen LogP contribution in [0.5, 0.6) is 0 Å². The highest BCUT2D eigenvalue weighted by Gasteiger charge is 2.08. The second-order valence-corrected chi connectivity index (χ2v) is 4.14. The summed E-state index contributed by atoms with van der Waals surface area (Å²) in [6.07, 6.45) is 1.61. The lowest BCUT2D eigenvalue weighted by molar-refractivity contribution is 0.619. The van der Waals surface area contributed by atoms with E-state index in [1.54, 1.807) is 23.0 Å². The Morgan fingerprint density at radius 1 is 1.12 bits per heavy atom. The number of nitrogens with zero attached hydrogens (tertiary/aromatic N) is 2. The van der Waals surface area contributed by atoms with Gasteiger partial charge in [-0.1, -0.05) is 23.7 Å². The van der Waals surface area contributed by atoms with Crippen molar-refractivity contribution in [2.75, 3.05) is 0 Å². The highest BCUT2D eigenvalue weighted by atomic mass is 35.5. The van der Waals surface area contributed by atoms with Crippen molar-refractivity contribution in [1.29, 1.82) is 0 Å². The topological polar surface area (TPSA) is 17.8 Å². The summed E-state index contributed by atoms with van der Waals surface area (Å²) in [6.45, 7) is 0. The summed E-state index contributed by atoms with van der Waals surface area (Å²) in [5.41, 5.74) is 2.15. The van der Waals surface area contributed by atoms with E-state index >= 15 is 0 Å². The van der Waals surface area contributed by atoms with Gasteiger partial charge in [0.05, 0.1) is 16.7 Å². The minimum Gasteiger partial charge on any atom is -0.296 e. The summed E-state index contributed by atoms with van der Waals surface area (Å²) in [5, 5.41) is 0.385. The monoisotopic (exact) mass is 246 g/mol. The molecule has 0 aliphatic rings. The fourth-order valence-electron chi connectivity index (χ4n) is 1.83. The Morgan fingerprint density at radius 2 is 1.94 bits per heavy atom. The third-order valence-corrected chi connectivity index (χ3v) is 2.86. The van der Waals surface area contributed by atoms with Crippen LogP contribution in [0.25, 0.3) is 16.7 Å². The van der Waals surface area contributed by atoms with Crippen molar-refractivity contribution in [3.8, 4) is 5.69 Å². The van der Waals surface area contributed by atoms with Gasteiger partial charge in [0.15, 0.2) is 0 Å². The highest BCUT2D eigenvalue weighted by molar-refractivity contribution is 6.30. The molecule has 0 aliphatic heterocycles. The summed E-state index contributed by atoms with van der Waals surface area (Å²) >= 11 is 5.73. The molecule has 2 aromatic carbocycles. The zero-order chi connectivity index (χ0) is 11.8. The molecule has 2 nitrogen and oxygen atoms in total. The summed E-state index contributed by atoms with van der Waals surface area (Å²) in [7, 11) is 0. The Bertz CT molecular complexity index is 691. The number of para-hydroxylation sites is 2. The normalized spacial score (nSPS) is 10.9. The molecule has 3 aromatic rings. The second-order valence-electron chi connectivity index (χ2n) is 3.70. The van der Waals surface area contributed by atoms with Gasteiger partial charge in [-0.05, 0) is 30.3 Å². The first-order valence-electron chi connectivity index (χ1n) is 5.13. The van der Waals surface area contributed by atoms with Gasteiger partial charge >= 0.3 is 0 Å². The number of imidazole rings is 1. The van der Waals surface area contributed by atoms with Gasteiger partial charge in [-0.25, -0.2) is 9.37 Å². The molecule has 0 fully saturated rings. The van der Waals surface area contributed by atoms with Gasteiger partial charge in [0, 0.05) is 5.02 Å². The predicted octanol–water partition coefficient (Wildman–Crippen LogP) is 3.82. The van der Waals surface area contributed by atoms with E-state index in [1.165, 1.54) is 6.07 Å². The number of hydrogen-bond donors (Lipinski definition) is 0. The van der Waals surface area contributed by atoms with Crippen LogP contribution >= 0.6 is 11.6 Å². The Hall–Kier alpha value is -1.87. The average Bonchev–Trinajstić information content (AvgIpc) is 2.73. The zero-order valence-electron chi connectivity index (χ0n) is 8.77. The molecule has 3 rings (SSSR count). The van der Waals surface area contributed by atoms with Crippen LogP contribution < -0.4 is 0 Å². The van der Waals surface area contributed by atoms with Crippen LogP contribution in [-0.4, -0.2) is 9.55 Å². The fraction of sp³-hybridized carbons (Fsp3) is 0. The molecule has 0 spiro atoms. The maximum Gasteiger partial charge on any atom is 0.148 e. The zero-order valence-corrected chi connectivity index (χ0v) is 9.53. The highest BCUT2D eigenvalue weighted by Crippen LogP contribution is 2.22. The minimum absolute atomic E-state index is 0.361. The van der Waals surface area contributed by atoms with Crippen LogP contribution in [0.4, 0.5) is 4.39 Å². The van der Waals surface area contributed by atoms with E-state index in [-0.39, 0.29) is 5.82 Å². The fourth-order valence-corrected chi connectivity index (χ4v) is 1.99. The van der Waals surface area contributed by atoms with Crippen molar-refractivity contribution in [2.45, 2.75) is 0 Å². The molecule has 0 aliphatic carbocycles. The Morgan fingerprint density at radius 3 is 2.76 bits per heavy atom. The van der Waals surface area contributed by atoms with Crippen LogP contribution in [0.2, 0.25) is 5.02 Å². The number of halogens is 2. The van der Waals surface area contributed by atoms with Gasteiger partial charge < -0.3 is 0 Å². The van der Waals surface area contributed by atoms with E-state index in [0.29, 0.717) is 10.7 Å². The largest absolute Gasteiger partial charge is 0.296 e. The molecular weight excluding hydrogens is 239 g/mol. The number of aromatic nitrogens is 2. The third kappa shape index (κ3) is 1.68. The molecule has 17 heavy (non-hydrogen) atoms. The maximum atomic E-state index is 13.8. The lowest BCUT2D eigenvalue weighted by Crippen LogP contribution is -1.95. The maximum absolute atomic E-state index is 13.8. The van der Waals surface area contributed by atoms with Gasteiger partial charge in [-0.2, -0.15) is 0 Å². The van der Waals surface area contributed by atoms with Gasteiger partial charge in [-0.3, -0.25) is 4.57 Å². The number of hydrogen-bond acceptors (Lipinski definition) is 1. The van der Waals surface area contributed by atoms with E-state index in [4.69, 9.17) is 11.6 Å². The van der Waals surface area contributed by atoms with E-state index in [0.717, 1.165) is 11.0 Å². The van der Waals surface area contributed by atoms with Gasteiger partial charge in [0.1, 0.15) is 12.1 Å². The van der Waals surface area contributed by atoms with Gasteiger partial charge in [0.25, 0.3) is 0 Å². The lowest BCUT2D eigenvalue weighted by atomic mass is 10.2. The van der Waals surface area contributed by atoms with Crippen LogP contribution in [0.1, 0.15) is 0 Å². The first-order chi connectivity index (χ1) is 8.25. The molecule has 4 heteroatoms. The number of fused-ring (bicyclic) bond motifs is 1. The molecule has 1 heterocycles. The molecule has 0 N–H and O–H groups in total. The smallest absolute Gasteiger partial charge is 0.148 e. The summed E-state index contributed by atoms with van der Waals surface area (Å²) < 4.78 is 15.5. The van der Waals surface area contributed by atoms with E-state index in [1.807, 2.05) is 24.3 Å². The van der Waals surface area contributed by atoms with E-state index < -0.39 is 0 Å². The van der Waals surface area contributed by atoms with Gasteiger partial charge in [-0.15, -0.1) is 0 Å². The molecule has 0 atom stereocenters. The van der Waals surface area contributed by atoms with Crippen molar-refractivity contribution in [1.82, 2.24) is 9.55 Å². The first-order valence-corrected chi connectivity index (χ1v) is 5.51. The van der Waals surface area contributed by atoms with Crippen LogP contribution in [0, 0.1) is 5.82 Å². The predicted molar refractivity (Wildman–Crippen MR) is 66.0 cm³/mol. The molecule has 84 valence electrons. The molecule has 0 amide bonds. The summed E-state index contributed by atoms with van der Waals surface area (Å²) in [5.74, 6) is -0.361. The van der Waals surface area contributed by atoms with E-state index in [2.05, 4.69) is 4.98 Å². The molecule has 1 aromatic heterocycles. The van der Waals surface area contributed by atoms with Crippen molar-refractivity contribution in [3.05, 3.63) is 59.6 Å². The lowest BCUT2D eigenvalue weighted by Gasteiger charge is -2.05. The van der Waals surface area contributed by atoms with Crippen LogP contribution in [-0.2, 0) is 0 Å². The molecule has 0 radical (unpaired) electrons. The van der Waals surface area contributed by atoms with Crippen molar-refractivity contribution in [2.24, 2.45) is 0 Å². The minimum atomic E-state index is -0.361. The molecule has 0 saturated heterocycles. The number of benzene rings is 2. The molecule has 0 bridgehead atoms. The molecular formula is C13H8ClFN2. The van der Waals surface area contributed by atoms with Crippen molar-refractivity contribution in [3.63, 3.8) is 0 Å². The van der Waals surface area contributed by atoms with Crippen molar-refractivity contribution < 1.29 is 4.39 Å². The van der Waals surface area contributed by atoms with Gasteiger partial charge in [0.2, 0.25) is 0 Å². The first kappa shape index (κ1) is 10.3. The number of rotatable bonds is 1. The second kappa shape index (κ2) is 3.86. The van der Waals surface area contributed by atoms with Crippen LogP contribution in [0.3, 0.4) is 0 Å². The Balaban J connectivity index is 2.27. The summed E-state index contributed by atoms with van der Waals surface area (Å²) in [6, 6.07) is 12.2. The third-order valence-electron chi connectivity index (χ3n) is 2.62. The average molecular weight is 247 g/mol. The standard InChI is InChI=1S/C13H8ClFN2/c14-9-5-6-12(10(15)7-9)17-8-16-11-3-1-2-4-13(11)17/h1-8H. The Kier molecular flexibility index (Phi) is 2.34. The SMILES string of the molecule is Fc1cc(Cl)ccc1-n1cnc2ccccc21. The van der Waals surface area contributed by atoms with Crippen molar-refractivity contribution >= 4 is 22.6 Å². The summed E-state index contributed by atoms with van der Waals surface area (Å²) in [4.78, 5) is 4.22. The molecule has 0 unspecified atom stereocenters. The van der Waals surface area contributed by atoms with Crippen LogP contribution in [0.15, 0.2) is 48.8 Å².